The number of para-hydroxylation sites is 1. The van der Waals surface area contributed by atoms with Gasteiger partial charge < -0.3 is 11.1 Å². The molecular formula is C16H11ClN6S. The van der Waals surface area contributed by atoms with Crippen molar-refractivity contribution in [2.45, 2.75) is 0 Å². The molecule has 0 saturated heterocycles. The predicted molar refractivity (Wildman–Crippen MR) is 96.8 cm³/mol. The number of nitrogen functional groups attached to an aromatic ring is 1. The van der Waals surface area contributed by atoms with Crippen molar-refractivity contribution in [3.8, 4) is 6.07 Å². The molecule has 0 fully saturated rings. The van der Waals surface area contributed by atoms with Crippen molar-refractivity contribution in [3.05, 3.63) is 57.5 Å². The van der Waals surface area contributed by atoms with Crippen LogP contribution in [0.25, 0.3) is 11.6 Å². The summed E-state index contributed by atoms with van der Waals surface area (Å²) in [6.07, 6.45) is 1.66. The van der Waals surface area contributed by atoms with Gasteiger partial charge in [-0.1, -0.05) is 29.8 Å². The number of halogens is 1. The van der Waals surface area contributed by atoms with Gasteiger partial charge in [0.1, 0.15) is 6.07 Å². The summed E-state index contributed by atoms with van der Waals surface area (Å²) in [7, 11) is 0. The monoisotopic (exact) mass is 354 g/mol. The topological polar surface area (TPSA) is 101 Å². The van der Waals surface area contributed by atoms with Crippen molar-refractivity contribution in [1.29, 1.82) is 5.26 Å². The largest absolute Gasteiger partial charge is 0.368 e. The summed E-state index contributed by atoms with van der Waals surface area (Å²) in [5, 5.41) is 12.4. The zero-order valence-corrected chi connectivity index (χ0v) is 13.8. The van der Waals surface area contributed by atoms with E-state index in [9.17, 15) is 5.26 Å². The van der Waals surface area contributed by atoms with Crippen LogP contribution in [0.3, 0.4) is 0 Å². The van der Waals surface area contributed by atoms with Gasteiger partial charge in [0, 0.05) is 10.6 Å². The molecule has 0 saturated carbocycles. The molecule has 3 rings (SSSR count). The molecule has 0 aliphatic carbocycles. The first-order valence-electron chi connectivity index (χ1n) is 6.85. The van der Waals surface area contributed by atoms with E-state index in [-0.39, 0.29) is 23.3 Å². The summed E-state index contributed by atoms with van der Waals surface area (Å²) >= 11 is 7.27. The number of anilines is 3. The number of thiophene rings is 1. The maximum absolute atomic E-state index is 9.41. The third-order valence-electron chi connectivity index (χ3n) is 2.92. The molecule has 3 aromatic rings. The van der Waals surface area contributed by atoms with Crippen LogP contribution in [0, 0.1) is 11.3 Å². The minimum absolute atomic E-state index is 0.0313. The van der Waals surface area contributed by atoms with Crippen molar-refractivity contribution in [2.75, 3.05) is 11.1 Å². The maximum atomic E-state index is 9.41. The number of nitriles is 1. The Morgan fingerprint density at radius 3 is 2.62 bits per heavy atom. The minimum Gasteiger partial charge on any atom is -0.368 e. The van der Waals surface area contributed by atoms with Gasteiger partial charge in [0.2, 0.25) is 11.9 Å². The average Bonchev–Trinajstić information content (AvgIpc) is 2.98. The van der Waals surface area contributed by atoms with Gasteiger partial charge in [0.05, 0.1) is 9.91 Å². The molecule has 2 heterocycles. The third-order valence-corrected chi connectivity index (χ3v) is 4.10. The van der Waals surface area contributed by atoms with E-state index in [4.69, 9.17) is 17.3 Å². The third kappa shape index (κ3) is 3.87. The fraction of sp³-hybridized carbons (Fsp3) is 0. The lowest BCUT2D eigenvalue weighted by molar-refractivity contribution is 1.04. The van der Waals surface area contributed by atoms with E-state index >= 15 is 0 Å². The molecule has 24 heavy (non-hydrogen) atoms. The second kappa shape index (κ2) is 7.08. The standard InChI is InChI=1S/C16H11ClN6S/c17-13-7-6-12(24-13)8-10(9-18)14-21-15(19)23-16(22-14)20-11-4-2-1-3-5-11/h1-8H,(H3,19,20,21,22,23)/b10-8+. The van der Waals surface area contributed by atoms with Crippen LogP contribution in [0.1, 0.15) is 10.7 Å². The van der Waals surface area contributed by atoms with Crippen molar-refractivity contribution in [1.82, 2.24) is 15.0 Å². The number of aromatic nitrogens is 3. The van der Waals surface area contributed by atoms with E-state index in [1.54, 1.807) is 12.1 Å². The first kappa shape index (κ1) is 15.9. The van der Waals surface area contributed by atoms with Crippen molar-refractivity contribution in [2.24, 2.45) is 0 Å². The minimum atomic E-state index is 0.0313. The van der Waals surface area contributed by atoms with E-state index in [0.717, 1.165) is 10.6 Å². The highest BCUT2D eigenvalue weighted by atomic mass is 35.5. The highest BCUT2D eigenvalue weighted by Gasteiger charge is 2.10. The van der Waals surface area contributed by atoms with Gasteiger partial charge in [0.15, 0.2) is 5.82 Å². The molecule has 0 aliphatic heterocycles. The summed E-state index contributed by atoms with van der Waals surface area (Å²) in [4.78, 5) is 13.2. The highest BCUT2D eigenvalue weighted by molar-refractivity contribution is 7.17. The zero-order valence-electron chi connectivity index (χ0n) is 12.3. The Bertz CT molecular complexity index is 929. The van der Waals surface area contributed by atoms with E-state index < -0.39 is 0 Å². The molecule has 8 heteroatoms. The maximum Gasteiger partial charge on any atom is 0.232 e. The van der Waals surface area contributed by atoms with Crippen LogP contribution in [0.4, 0.5) is 17.6 Å². The fourth-order valence-electron chi connectivity index (χ4n) is 1.91. The Balaban J connectivity index is 1.95. The van der Waals surface area contributed by atoms with Crippen LogP contribution in [0.15, 0.2) is 42.5 Å². The average molecular weight is 355 g/mol. The molecule has 0 aliphatic rings. The number of rotatable bonds is 4. The molecule has 3 N–H and O–H groups in total. The molecule has 2 aromatic heterocycles. The van der Waals surface area contributed by atoms with Gasteiger partial charge in [-0.3, -0.25) is 0 Å². The van der Waals surface area contributed by atoms with Crippen molar-refractivity contribution < 1.29 is 0 Å². The second-order valence-electron chi connectivity index (χ2n) is 4.64. The summed E-state index contributed by atoms with van der Waals surface area (Å²) in [5.74, 6) is 0.505. The lowest BCUT2D eigenvalue weighted by Gasteiger charge is -2.06. The highest BCUT2D eigenvalue weighted by Crippen LogP contribution is 2.25. The SMILES string of the molecule is N#C/C(=C\c1ccc(Cl)s1)c1nc(N)nc(Nc2ccccc2)n1. The number of nitrogens with two attached hydrogens (primary N) is 1. The first-order chi connectivity index (χ1) is 11.6. The normalized spacial score (nSPS) is 11.1. The summed E-state index contributed by atoms with van der Waals surface area (Å²) in [6, 6.07) is 15.1. The summed E-state index contributed by atoms with van der Waals surface area (Å²) in [6.45, 7) is 0. The fourth-order valence-corrected chi connectivity index (χ4v) is 2.92. The van der Waals surface area contributed by atoms with Crippen LogP contribution >= 0.6 is 22.9 Å². The van der Waals surface area contributed by atoms with Crippen molar-refractivity contribution in [3.63, 3.8) is 0 Å². The van der Waals surface area contributed by atoms with Gasteiger partial charge >= 0.3 is 0 Å². The molecule has 0 atom stereocenters. The Kier molecular flexibility index (Phi) is 4.70. The number of nitrogens with zero attached hydrogens (tertiary/aromatic N) is 4. The molecule has 0 bridgehead atoms. The van der Waals surface area contributed by atoms with Gasteiger partial charge in [-0.15, -0.1) is 11.3 Å². The number of allylic oxidation sites excluding steroid dienone is 1. The smallest absolute Gasteiger partial charge is 0.232 e. The van der Waals surface area contributed by atoms with Gasteiger partial charge in [-0.25, -0.2) is 0 Å². The van der Waals surface area contributed by atoms with Crippen LogP contribution in [0.2, 0.25) is 4.34 Å². The molecule has 1 aromatic carbocycles. The Hall–Kier alpha value is -2.95. The van der Waals surface area contributed by atoms with E-state index in [2.05, 4.69) is 26.3 Å². The molecule has 0 spiro atoms. The number of benzene rings is 1. The molecule has 6 nitrogen and oxygen atoms in total. The van der Waals surface area contributed by atoms with E-state index in [1.807, 2.05) is 36.4 Å². The van der Waals surface area contributed by atoms with Gasteiger partial charge in [-0.05, 0) is 30.3 Å². The molecule has 0 unspecified atom stereocenters. The van der Waals surface area contributed by atoms with Crippen LogP contribution in [0.5, 0.6) is 0 Å². The summed E-state index contributed by atoms with van der Waals surface area (Å²) in [5.41, 5.74) is 6.83. The molecular weight excluding hydrogens is 344 g/mol. The second-order valence-corrected chi connectivity index (χ2v) is 6.39. The lowest BCUT2D eigenvalue weighted by atomic mass is 10.2. The van der Waals surface area contributed by atoms with Crippen LogP contribution < -0.4 is 11.1 Å². The molecule has 118 valence electrons. The van der Waals surface area contributed by atoms with E-state index in [1.165, 1.54) is 11.3 Å². The number of hydrogen-bond donors (Lipinski definition) is 2. The van der Waals surface area contributed by atoms with Gasteiger partial charge in [0.25, 0.3) is 0 Å². The Morgan fingerprint density at radius 2 is 1.96 bits per heavy atom. The van der Waals surface area contributed by atoms with Crippen molar-refractivity contribution >= 4 is 52.2 Å². The molecule has 0 radical (unpaired) electrons. The van der Waals surface area contributed by atoms with Crippen LogP contribution in [-0.2, 0) is 0 Å². The number of nitrogens with one attached hydrogen (secondary N) is 1. The van der Waals surface area contributed by atoms with Gasteiger partial charge in [-0.2, -0.15) is 20.2 Å². The Morgan fingerprint density at radius 1 is 1.17 bits per heavy atom. The Labute approximate surface area is 147 Å². The number of hydrogen-bond acceptors (Lipinski definition) is 7. The summed E-state index contributed by atoms with van der Waals surface area (Å²) < 4.78 is 0.639. The lowest BCUT2D eigenvalue weighted by Crippen LogP contribution is -2.06. The predicted octanol–water partition coefficient (Wildman–Crippen LogP) is 3.98. The van der Waals surface area contributed by atoms with E-state index in [0.29, 0.717) is 4.34 Å². The quantitative estimate of drug-likeness (QED) is 0.687. The van der Waals surface area contributed by atoms with Crippen LogP contribution in [-0.4, -0.2) is 15.0 Å². The zero-order chi connectivity index (χ0) is 16.9. The molecule has 0 amide bonds. The first-order valence-corrected chi connectivity index (χ1v) is 8.04.